The average Bonchev–Trinajstić information content (AvgIpc) is 2.96. The van der Waals surface area contributed by atoms with Crippen LogP contribution in [-0.4, -0.2) is 32.3 Å². The van der Waals surface area contributed by atoms with Crippen LogP contribution in [0.4, 0.5) is 5.82 Å². The summed E-state index contributed by atoms with van der Waals surface area (Å²) in [6.07, 6.45) is 1.46. The van der Waals surface area contributed by atoms with Gasteiger partial charge in [-0.3, -0.25) is 5.73 Å². The maximum Gasteiger partial charge on any atom is 0.434 e. The minimum Gasteiger partial charge on any atom is -0.383 e. The second kappa shape index (κ2) is 6.14. The normalized spacial score (nSPS) is 12.7. The van der Waals surface area contributed by atoms with Gasteiger partial charge in [0.15, 0.2) is 5.65 Å². The van der Waals surface area contributed by atoms with Gasteiger partial charge in [-0.2, -0.15) is 5.10 Å². The molecule has 0 atom stereocenters. The number of benzene rings is 1. The van der Waals surface area contributed by atoms with Crippen LogP contribution in [0.2, 0.25) is 0 Å². The maximum absolute atomic E-state index is 6.15. The van der Waals surface area contributed by atoms with Crippen LogP contribution in [0.5, 0.6) is 0 Å². The first-order valence-corrected chi connectivity index (χ1v) is 8.04. The van der Waals surface area contributed by atoms with Gasteiger partial charge in [0.2, 0.25) is 0 Å². The number of quaternary nitrogens is 1. The first-order valence-electron chi connectivity index (χ1n) is 8.04. The van der Waals surface area contributed by atoms with Crippen molar-refractivity contribution in [3.05, 3.63) is 36.2 Å². The summed E-state index contributed by atoms with van der Waals surface area (Å²) in [7, 11) is 0. The Balaban J connectivity index is 2.23. The molecular formula is C17H24N8+2. The van der Waals surface area contributed by atoms with Crippen molar-refractivity contribution in [1.29, 1.82) is 0 Å². The molecule has 3 rings (SSSR count). The molecule has 1 aromatic carbocycles. The predicted octanol–water partition coefficient (Wildman–Crippen LogP) is -1.24. The molecule has 8 nitrogen and oxygen atoms in total. The van der Waals surface area contributed by atoms with E-state index in [1.54, 1.807) is 0 Å². The number of nitrogen functional groups attached to an aromatic ring is 1. The Morgan fingerprint density at radius 1 is 1.24 bits per heavy atom. The van der Waals surface area contributed by atoms with E-state index in [0.29, 0.717) is 24.0 Å². The largest absolute Gasteiger partial charge is 0.434 e. The first kappa shape index (κ1) is 16.8. The molecule has 0 amide bonds. The summed E-state index contributed by atoms with van der Waals surface area (Å²) in [4.78, 5) is 11.6. The van der Waals surface area contributed by atoms with Crippen LogP contribution >= 0.6 is 0 Å². The van der Waals surface area contributed by atoms with E-state index >= 15 is 0 Å². The zero-order valence-electron chi connectivity index (χ0n) is 14.7. The average molecular weight is 340 g/mol. The van der Waals surface area contributed by atoms with E-state index in [9.17, 15) is 0 Å². The van der Waals surface area contributed by atoms with Crippen LogP contribution in [0.1, 0.15) is 19.4 Å². The van der Waals surface area contributed by atoms with Crippen LogP contribution in [-0.2, 0) is 5.54 Å². The molecule has 0 aliphatic carbocycles. The molecule has 2 heterocycles. The molecule has 130 valence electrons. The van der Waals surface area contributed by atoms with Gasteiger partial charge in [-0.05, 0) is 20.8 Å². The predicted molar refractivity (Wildman–Crippen MR) is 97.1 cm³/mol. The summed E-state index contributed by atoms with van der Waals surface area (Å²) in [6, 6.07) is 8.15. The highest BCUT2D eigenvalue weighted by molar-refractivity contribution is 5.98. The minimum absolute atomic E-state index is 0.399. The van der Waals surface area contributed by atoms with Crippen molar-refractivity contribution in [2.24, 2.45) is 5.73 Å². The number of hydrogen-bond acceptors (Lipinski definition) is 4. The fourth-order valence-corrected chi connectivity index (χ4v) is 2.71. The number of aryl methyl sites for hydroxylation is 1. The standard InChI is InChI=1S/C17H22N8/c1-10-4-6-11(7-5-10)13-12-14(18)22-9-23-15(12)25(24-13)17(2,3)8-21-16(19)20/h4-7,9H,8H2,1-3H3,(H2,18,22,23)(H4,19,20,21)/p+2. The van der Waals surface area contributed by atoms with E-state index < -0.39 is 5.54 Å². The van der Waals surface area contributed by atoms with E-state index in [4.69, 9.17) is 16.6 Å². The molecule has 0 saturated carbocycles. The van der Waals surface area contributed by atoms with E-state index in [2.05, 4.69) is 20.7 Å². The van der Waals surface area contributed by atoms with Crippen LogP contribution in [0.3, 0.4) is 0 Å². The molecule has 3 aromatic rings. The van der Waals surface area contributed by atoms with Crippen molar-refractivity contribution in [3.63, 3.8) is 0 Å². The molecule has 0 radical (unpaired) electrons. The summed E-state index contributed by atoms with van der Waals surface area (Å²) in [6.45, 7) is 6.70. The molecule has 0 unspecified atom stereocenters. The Morgan fingerprint density at radius 3 is 2.56 bits per heavy atom. The molecule has 0 fully saturated rings. The van der Waals surface area contributed by atoms with Gasteiger partial charge < -0.3 is 5.73 Å². The van der Waals surface area contributed by atoms with Crippen LogP contribution in [0, 0.1) is 6.92 Å². The van der Waals surface area contributed by atoms with Crippen molar-refractivity contribution >= 4 is 22.8 Å². The van der Waals surface area contributed by atoms with Gasteiger partial charge >= 0.3 is 5.96 Å². The summed E-state index contributed by atoms with van der Waals surface area (Å²) >= 11 is 0. The molecule has 0 aliphatic rings. The molecule has 2 aromatic heterocycles. The van der Waals surface area contributed by atoms with E-state index in [-0.39, 0.29) is 0 Å². The number of nitrogens with two attached hydrogens (primary N) is 2. The van der Waals surface area contributed by atoms with Crippen LogP contribution in [0.15, 0.2) is 30.6 Å². The zero-order valence-corrected chi connectivity index (χ0v) is 14.7. The highest BCUT2D eigenvalue weighted by Crippen LogP contribution is 2.32. The minimum atomic E-state index is -0.399. The molecule has 25 heavy (non-hydrogen) atoms. The highest BCUT2D eigenvalue weighted by atomic mass is 15.4. The van der Waals surface area contributed by atoms with Gasteiger partial charge in [0, 0.05) is 5.56 Å². The van der Waals surface area contributed by atoms with Crippen molar-refractivity contribution in [2.75, 3.05) is 12.3 Å². The van der Waals surface area contributed by atoms with E-state index in [1.807, 2.05) is 49.7 Å². The smallest absolute Gasteiger partial charge is 0.383 e. The van der Waals surface area contributed by atoms with Gasteiger partial charge in [-0.25, -0.2) is 25.4 Å². The van der Waals surface area contributed by atoms with Gasteiger partial charge in [0.05, 0.1) is 10.9 Å². The third-order valence-electron chi connectivity index (χ3n) is 4.14. The number of anilines is 1. The van der Waals surface area contributed by atoms with E-state index in [1.165, 1.54) is 11.9 Å². The Morgan fingerprint density at radius 2 is 1.92 bits per heavy atom. The third-order valence-corrected chi connectivity index (χ3v) is 4.14. The second-order valence-corrected chi connectivity index (χ2v) is 6.78. The lowest BCUT2D eigenvalue weighted by Gasteiger charge is -2.22. The summed E-state index contributed by atoms with van der Waals surface area (Å²) < 4.78 is 1.87. The van der Waals surface area contributed by atoms with Crippen molar-refractivity contribution in [2.45, 2.75) is 26.3 Å². The molecule has 8 heteroatoms. The Bertz CT molecular complexity index is 933. The van der Waals surface area contributed by atoms with E-state index in [0.717, 1.165) is 16.6 Å². The summed E-state index contributed by atoms with van der Waals surface area (Å²) in [5.41, 5.74) is 18.7. The SMILES string of the molecule is Cc1ccc(-c2nn(C(C)(C)C[NH+]=C(N)[NH3+])c3ncnc(N)c23)cc1. The number of fused-ring (bicyclic) bond motifs is 1. The van der Waals surface area contributed by atoms with Gasteiger partial charge in [0.25, 0.3) is 0 Å². The number of guanidine groups is 1. The third kappa shape index (κ3) is 3.16. The lowest BCUT2D eigenvalue weighted by molar-refractivity contribution is -0.515. The van der Waals surface area contributed by atoms with Crippen molar-refractivity contribution in [1.82, 2.24) is 19.7 Å². The first-order chi connectivity index (χ1) is 11.8. The van der Waals surface area contributed by atoms with Gasteiger partial charge in [-0.15, -0.1) is 0 Å². The number of hydrogen-bond donors (Lipinski definition) is 4. The molecule has 8 N–H and O–H groups in total. The Hall–Kier alpha value is -3.00. The Kier molecular flexibility index (Phi) is 4.13. The maximum atomic E-state index is 6.15. The van der Waals surface area contributed by atoms with Gasteiger partial charge in [-0.1, -0.05) is 29.8 Å². The lowest BCUT2D eigenvalue weighted by atomic mass is 10.1. The highest BCUT2D eigenvalue weighted by Gasteiger charge is 2.28. The fraction of sp³-hybridized carbons (Fsp3) is 0.294. The van der Waals surface area contributed by atoms with Crippen molar-refractivity contribution < 1.29 is 10.7 Å². The van der Waals surface area contributed by atoms with Crippen LogP contribution in [0.25, 0.3) is 22.3 Å². The zero-order chi connectivity index (χ0) is 18.2. The summed E-state index contributed by atoms with van der Waals surface area (Å²) in [5, 5.41) is 5.58. The number of nitrogens with one attached hydrogen (secondary N) is 1. The molecular weight excluding hydrogens is 316 g/mol. The Labute approximate surface area is 145 Å². The fourth-order valence-electron chi connectivity index (χ4n) is 2.71. The monoisotopic (exact) mass is 340 g/mol. The lowest BCUT2D eigenvalue weighted by Crippen LogP contribution is -2.90. The molecule has 0 aliphatic heterocycles. The van der Waals surface area contributed by atoms with Crippen molar-refractivity contribution in [3.8, 4) is 11.3 Å². The number of nitrogens with zero attached hydrogens (tertiary/aromatic N) is 4. The topological polar surface area (TPSA) is 137 Å². The summed E-state index contributed by atoms with van der Waals surface area (Å²) in [5.74, 6) is 0.830. The number of aromatic nitrogens is 4. The molecule has 0 saturated heterocycles. The second-order valence-electron chi connectivity index (χ2n) is 6.78. The quantitative estimate of drug-likeness (QED) is 0.348. The molecule has 0 bridgehead atoms. The van der Waals surface area contributed by atoms with Gasteiger partial charge in [0.1, 0.15) is 24.4 Å². The number of rotatable bonds is 4. The van der Waals surface area contributed by atoms with Crippen LogP contribution < -0.4 is 22.2 Å². The molecule has 0 spiro atoms.